The van der Waals surface area contributed by atoms with Gasteiger partial charge in [-0.2, -0.15) is 0 Å². The van der Waals surface area contributed by atoms with Crippen LogP contribution in [-0.4, -0.2) is 19.5 Å². The first-order valence-corrected chi connectivity index (χ1v) is 8.26. The van der Waals surface area contributed by atoms with Crippen LogP contribution in [0.3, 0.4) is 0 Å². The number of nitrogens with one attached hydrogen (secondary N) is 1. The molecule has 0 aliphatic heterocycles. The van der Waals surface area contributed by atoms with Crippen LogP contribution in [0.5, 0.6) is 0 Å². The zero-order valence-electron chi connectivity index (χ0n) is 10.4. The van der Waals surface area contributed by atoms with Gasteiger partial charge < -0.3 is 5.11 Å². The summed E-state index contributed by atoms with van der Waals surface area (Å²) in [4.78, 5) is 10.8. The summed E-state index contributed by atoms with van der Waals surface area (Å²) in [5.74, 6) is -1.20. The molecule has 2 aromatic carbocycles. The van der Waals surface area contributed by atoms with Gasteiger partial charge in [0.15, 0.2) is 0 Å². The number of hydrogen-bond donors (Lipinski definition) is 2. The Kier molecular flexibility index (Phi) is 4.55. The Bertz CT molecular complexity index is 808. The number of anilines is 1. The van der Waals surface area contributed by atoms with E-state index in [4.69, 9.17) is 16.7 Å². The average Bonchev–Trinajstić information content (AvgIpc) is 2.43. The zero-order valence-corrected chi connectivity index (χ0v) is 13.5. The molecular weight excluding hydrogens is 382 g/mol. The molecule has 0 amide bonds. The molecule has 21 heavy (non-hydrogen) atoms. The van der Waals surface area contributed by atoms with Crippen molar-refractivity contribution in [3.8, 4) is 0 Å². The Balaban J connectivity index is 2.41. The molecule has 0 saturated carbocycles. The molecule has 8 heteroatoms. The maximum atomic E-state index is 12.3. The normalized spacial score (nSPS) is 11.1. The van der Waals surface area contributed by atoms with Crippen molar-refractivity contribution in [3.63, 3.8) is 0 Å². The number of carboxylic acid groups (broad SMARTS) is 1. The van der Waals surface area contributed by atoms with Crippen molar-refractivity contribution < 1.29 is 18.3 Å². The lowest BCUT2D eigenvalue weighted by Crippen LogP contribution is -2.14. The number of halogens is 2. The molecule has 0 bridgehead atoms. The summed E-state index contributed by atoms with van der Waals surface area (Å²) in [5, 5.41) is 9.28. The van der Waals surface area contributed by atoms with E-state index in [1.807, 2.05) is 0 Å². The third kappa shape index (κ3) is 3.75. The lowest BCUT2D eigenvalue weighted by Gasteiger charge is -2.10. The van der Waals surface area contributed by atoms with Gasteiger partial charge in [-0.25, -0.2) is 13.2 Å². The first-order chi connectivity index (χ1) is 9.79. The van der Waals surface area contributed by atoms with Crippen molar-refractivity contribution in [2.75, 3.05) is 4.72 Å². The Morgan fingerprint density at radius 1 is 1.19 bits per heavy atom. The van der Waals surface area contributed by atoms with Gasteiger partial charge in [0, 0.05) is 9.50 Å². The topological polar surface area (TPSA) is 83.5 Å². The lowest BCUT2D eigenvalue weighted by molar-refractivity contribution is 0.0696. The van der Waals surface area contributed by atoms with Crippen LogP contribution in [-0.2, 0) is 10.0 Å². The van der Waals surface area contributed by atoms with E-state index < -0.39 is 16.0 Å². The maximum Gasteiger partial charge on any atom is 0.335 e. The summed E-state index contributed by atoms with van der Waals surface area (Å²) in [7, 11) is -3.91. The standard InChI is InChI=1S/C13H9BrClNO4S/c14-11-5-4-9(15)7-12(11)16-21(19,20)10-3-1-2-8(6-10)13(17)18/h1-7,16H,(H,17,18). The van der Waals surface area contributed by atoms with Gasteiger partial charge in [0.05, 0.1) is 16.1 Å². The quantitative estimate of drug-likeness (QED) is 0.835. The first-order valence-electron chi connectivity index (χ1n) is 5.61. The summed E-state index contributed by atoms with van der Waals surface area (Å²) in [6, 6.07) is 9.74. The third-order valence-corrected chi connectivity index (χ3v) is 4.85. The van der Waals surface area contributed by atoms with E-state index in [9.17, 15) is 13.2 Å². The SMILES string of the molecule is O=C(O)c1cccc(S(=O)(=O)Nc2cc(Cl)ccc2Br)c1. The highest BCUT2D eigenvalue weighted by Crippen LogP contribution is 2.28. The van der Waals surface area contributed by atoms with Gasteiger partial charge in [0.1, 0.15) is 0 Å². The average molecular weight is 391 g/mol. The van der Waals surface area contributed by atoms with Gasteiger partial charge >= 0.3 is 5.97 Å². The predicted molar refractivity (Wildman–Crippen MR) is 83.4 cm³/mol. The number of hydrogen-bond acceptors (Lipinski definition) is 3. The van der Waals surface area contributed by atoms with Crippen LogP contribution in [0.25, 0.3) is 0 Å². The second-order valence-corrected chi connectivity index (χ2v) is 7.04. The number of benzene rings is 2. The summed E-state index contributed by atoms with van der Waals surface area (Å²) < 4.78 is 27.4. The van der Waals surface area contributed by atoms with Crippen LogP contribution in [0.1, 0.15) is 10.4 Å². The van der Waals surface area contributed by atoms with E-state index in [1.54, 1.807) is 12.1 Å². The molecule has 2 N–H and O–H groups in total. The van der Waals surface area contributed by atoms with Crippen LogP contribution >= 0.6 is 27.5 Å². The van der Waals surface area contributed by atoms with E-state index in [1.165, 1.54) is 24.3 Å². The fraction of sp³-hybridized carbons (Fsp3) is 0. The fourth-order valence-electron chi connectivity index (χ4n) is 1.58. The van der Waals surface area contributed by atoms with Crippen molar-refractivity contribution in [2.24, 2.45) is 0 Å². The third-order valence-electron chi connectivity index (χ3n) is 2.56. The predicted octanol–water partition coefficient (Wildman–Crippen LogP) is 3.60. The Hall–Kier alpha value is -1.57. The molecule has 0 aliphatic rings. The maximum absolute atomic E-state index is 12.3. The Morgan fingerprint density at radius 3 is 2.57 bits per heavy atom. The summed E-state index contributed by atoms with van der Waals surface area (Å²) >= 11 is 9.04. The van der Waals surface area contributed by atoms with Crippen LogP contribution in [0.2, 0.25) is 5.02 Å². The summed E-state index contributed by atoms with van der Waals surface area (Å²) in [6.45, 7) is 0. The molecule has 0 radical (unpaired) electrons. The Morgan fingerprint density at radius 2 is 1.90 bits per heavy atom. The fourth-order valence-corrected chi connectivity index (χ4v) is 3.34. The molecule has 0 unspecified atom stereocenters. The monoisotopic (exact) mass is 389 g/mol. The molecular formula is C13H9BrClNO4S. The number of aromatic carboxylic acids is 1. The van der Waals surface area contributed by atoms with Gasteiger partial charge in [-0.3, -0.25) is 4.72 Å². The van der Waals surface area contributed by atoms with Gasteiger partial charge in [0.25, 0.3) is 10.0 Å². The highest BCUT2D eigenvalue weighted by Gasteiger charge is 2.17. The minimum Gasteiger partial charge on any atom is -0.478 e. The van der Waals surface area contributed by atoms with E-state index in [0.29, 0.717) is 9.50 Å². The molecule has 0 saturated heterocycles. The Labute approximate surface area is 134 Å². The number of carbonyl (C=O) groups is 1. The van der Waals surface area contributed by atoms with E-state index in [0.717, 1.165) is 6.07 Å². The molecule has 2 rings (SSSR count). The van der Waals surface area contributed by atoms with E-state index in [2.05, 4.69) is 20.7 Å². The molecule has 0 aromatic heterocycles. The molecule has 0 atom stereocenters. The number of sulfonamides is 1. The van der Waals surface area contributed by atoms with Crippen LogP contribution in [0.15, 0.2) is 51.8 Å². The smallest absolute Gasteiger partial charge is 0.335 e. The van der Waals surface area contributed by atoms with Crippen LogP contribution < -0.4 is 4.72 Å². The largest absolute Gasteiger partial charge is 0.478 e. The molecule has 0 spiro atoms. The lowest BCUT2D eigenvalue weighted by atomic mass is 10.2. The second-order valence-electron chi connectivity index (χ2n) is 4.06. The summed E-state index contributed by atoms with van der Waals surface area (Å²) in [6.07, 6.45) is 0. The zero-order chi connectivity index (χ0) is 15.6. The first kappa shape index (κ1) is 15.8. The molecule has 5 nitrogen and oxygen atoms in total. The highest BCUT2D eigenvalue weighted by atomic mass is 79.9. The van der Waals surface area contributed by atoms with Gasteiger partial charge in [-0.1, -0.05) is 17.7 Å². The van der Waals surface area contributed by atoms with Crippen molar-refractivity contribution in [3.05, 3.63) is 57.5 Å². The molecule has 110 valence electrons. The molecule has 0 heterocycles. The van der Waals surface area contributed by atoms with Gasteiger partial charge in [-0.15, -0.1) is 0 Å². The van der Waals surface area contributed by atoms with E-state index >= 15 is 0 Å². The van der Waals surface area contributed by atoms with Crippen LogP contribution in [0, 0.1) is 0 Å². The minimum atomic E-state index is -3.91. The van der Waals surface area contributed by atoms with E-state index in [-0.39, 0.29) is 16.1 Å². The van der Waals surface area contributed by atoms with Crippen LogP contribution in [0.4, 0.5) is 5.69 Å². The molecule has 0 fully saturated rings. The van der Waals surface area contributed by atoms with Crippen molar-refractivity contribution >= 4 is 49.2 Å². The van der Waals surface area contributed by atoms with Gasteiger partial charge in [-0.05, 0) is 52.3 Å². The second kappa shape index (κ2) is 6.05. The number of carboxylic acids is 1. The van der Waals surface area contributed by atoms with Gasteiger partial charge in [0.2, 0.25) is 0 Å². The summed E-state index contributed by atoms with van der Waals surface area (Å²) in [5.41, 5.74) is 0.159. The van der Waals surface area contributed by atoms with Crippen molar-refractivity contribution in [1.82, 2.24) is 0 Å². The van der Waals surface area contributed by atoms with Crippen molar-refractivity contribution in [2.45, 2.75) is 4.90 Å². The van der Waals surface area contributed by atoms with Crippen molar-refractivity contribution in [1.29, 1.82) is 0 Å². The molecule has 2 aromatic rings. The molecule has 0 aliphatic carbocycles. The number of rotatable bonds is 4. The highest BCUT2D eigenvalue weighted by molar-refractivity contribution is 9.10. The minimum absolute atomic E-state index is 0.108.